The van der Waals surface area contributed by atoms with Crippen molar-refractivity contribution in [3.8, 4) is 0 Å². The molecule has 23 heavy (non-hydrogen) atoms. The average Bonchev–Trinajstić information content (AvgIpc) is 3.22. The van der Waals surface area contributed by atoms with E-state index in [2.05, 4.69) is 31.2 Å². The van der Waals surface area contributed by atoms with Crippen molar-refractivity contribution in [2.75, 3.05) is 26.2 Å². The SMILES string of the molecule is c1cncc(CN2CCC3(CCN(Cc4nccs4)CC3)C2)c1. The molecule has 0 radical (unpaired) electrons. The van der Waals surface area contributed by atoms with Crippen molar-refractivity contribution in [3.63, 3.8) is 0 Å². The molecule has 2 aromatic rings. The van der Waals surface area contributed by atoms with Gasteiger partial charge in [0, 0.05) is 37.1 Å². The summed E-state index contributed by atoms with van der Waals surface area (Å²) in [5.74, 6) is 0. The van der Waals surface area contributed by atoms with Crippen LogP contribution in [-0.4, -0.2) is 45.9 Å². The third-order valence-corrected chi connectivity index (χ3v) is 6.17. The molecule has 0 aromatic carbocycles. The Labute approximate surface area is 142 Å². The second-order valence-corrected chi connectivity index (χ2v) is 8.00. The van der Waals surface area contributed by atoms with Gasteiger partial charge in [-0.25, -0.2) is 4.98 Å². The summed E-state index contributed by atoms with van der Waals surface area (Å²) >= 11 is 1.78. The third-order valence-electron chi connectivity index (χ3n) is 5.41. The lowest BCUT2D eigenvalue weighted by Crippen LogP contribution is -2.41. The number of nitrogens with zero attached hydrogens (tertiary/aromatic N) is 4. The molecule has 0 atom stereocenters. The van der Waals surface area contributed by atoms with E-state index in [0.717, 1.165) is 13.1 Å². The summed E-state index contributed by atoms with van der Waals surface area (Å²) in [4.78, 5) is 13.9. The first-order valence-corrected chi connectivity index (χ1v) is 9.41. The monoisotopic (exact) mass is 328 g/mol. The third kappa shape index (κ3) is 3.62. The number of aromatic nitrogens is 2. The maximum Gasteiger partial charge on any atom is 0.107 e. The highest BCUT2D eigenvalue weighted by atomic mass is 32.1. The second-order valence-electron chi connectivity index (χ2n) is 7.02. The molecule has 2 aliphatic rings. The fourth-order valence-electron chi connectivity index (χ4n) is 4.03. The number of rotatable bonds is 4. The van der Waals surface area contributed by atoms with Gasteiger partial charge in [0.05, 0.1) is 6.54 Å². The largest absolute Gasteiger partial charge is 0.298 e. The van der Waals surface area contributed by atoms with E-state index < -0.39 is 0 Å². The predicted molar refractivity (Wildman–Crippen MR) is 93.2 cm³/mol. The smallest absolute Gasteiger partial charge is 0.107 e. The Morgan fingerprint density at radius 2 is 1.87 bits per heavy atom. The quantitative estimate of drug-likeness (QED) is 0.863. The molecular weight excluding hydrogens is 304 g/mol. The number of hydrogen-bond acceptors (Lipinski definition) is 5. The Kier molecular flexibility index (Phi) is 4.42. The van der Waals surface area contributed by atoms with Gasteiger partial charge in [-0.2, -0.15) is 0 Å². The van der Waals surface area contributed by atoms with Crippen LogP contribution in [0.5, 0.6) is 0 Å². The van der Waals surface area contributed by atoms with E-state index in [4.69, 9.17) is 0 Å². The van der Waals surface area contributed by atoms with Crippen LogP contribution in [0.2, 0.25) is 0 Å². The number of likely N-dealkylation sites (tertiary alicyclic amines) is 2. The van der Waals surface area contributed by atoms with Crippen molar-refractivity contribution in [1.82, 2.24) is 19.8 Å². The molecule has 122 valence electrons. The lowest BCUT2D eigenvalue weighted by Gasteiger charge is -2.39. The van der Waals surface area contributed by atoms with Gasteiger partial charge >= 0.3 is 0 Å². The molecule has 2 fully saturated rings. The molecule has 2 aromatic heterocycles. The minimum atomic E-state index is 0.557. The van der Waals surface area contributed by atoms with Crippen LogP contribution in [0.15, 0.2) is 36.1 Å². The highest BCUT2D eigenvalue weighted by molar-refractivity contribution is 7.09. The highest BCUT2D eigenvalue weighted by Crippen LogP contribution is 2.41. The summed E-state index contributed by atoms with van der Waals surface area (Å²) in [6.45, 7) is 7.03. The highest BCUT2D eigenvalue weighted by Gasteiger charge is 2.40. The second kappa shape index (κ2) is 6.67. The number of hydrogen-bond donors (Lipinski definition) is 0. The molecule has 2 saturated heterocycles. The van der Waals surface area contributed by atoms with Crippen LogP contribution < -0.4 is 0 Å². The van der Waals surface area contributed by atoms with Gasteiger partial charge in [-0.3, -0.25) is 14.8 Å². The molecule has 4 rings (SSSR count). The Bertz CT molecular complexity index is 605. The van der Waals surface area contributed by atoms with Crippen LogP contribution in [0.3, 0.4) is 0 Å². The van der Waals surface area contributed by atoms with Gasteiger partial charge in [0.25, 0.3) is 0 Å². The van der Waals surface area contributed by atoms with E-state index in [-0.39, 0.29) is 0 Å². The van der Waals surface area contributed by atoms with Crippen molar-refractivity contribution >= 4 is 11.3 Å². The van der Waals surface area contributed by atoms with Gasteiger partial charge in [0.2, 0.25) is 0 Å². The van der Waals surface area contributed by atoms with E-state index in [9.17, 15) is 0 Å². The van der Waals surface area contributed by atoms with E-state index in [0.29, 0.717) is 5.41 Å². The Hall–Kier alpha value is -1.30. The van der Waals surface area contributed by atoms with E-state index in [1.165, 1.54) is 56.0 Å². The van der Waals surface area contributed by atoms with Gasteiger partial charge in [0.15, 0.2) is 0 Å². The maximum absolute atomic E-state index is 4.42. The van der Waals surface area contributed by atoms with Gasteiger partial charge in [-0.15, -0.1) is 11.3 Å². The van der Waals surface area contributed by atoms with Gasteiger partial charge in [-0.1, -0.05) is 6.07 Å². The van der Waals surface area contributed by atoms with Gasteiger partial charge in [0.1, 0.15) is 5.01 Å². The summed E-state index contributed by atoms with van der Waals surface area (Å²) < 4.78 is 0. The van der Waals surface area contributed by atoms with Crippen LogP contribution in [0.4, 0.5) is 0 Å². The molecule has 0 unspecified atom stereocenters. The molecule has 5 heteroatoms. The van der Waals surface area contributed by atoms with Gasteiger partial charge < -0.3 is 0 Å². The van der Waals surface area contributed by atoms with Crippen molar-refractivity contribution < 1.29 is 0 Å². The zero-order chi connectivity index (χ0) is 15.5. The Morgan fingerprint density at radius 3 is 2.57 bits per heavy atom. The first kappa shape index (κ1) is 15.2. The van der Waals surface area contributed by atoms with Crippen molar-refractivity contribution in [1.29, 1.82) is 0 Å². The fourth-order valence-corrected chi connectivity index (χ4v) is 4.69. The number of piperidine rings is 1. The summed E-state index contributed by atoms with van der Waals surface area (Å²) in [7, 11) is 0. The zero-order valence-electron chi connectivity index (χ0n) is 13.5. The maximum atomic E-state index is 4.42. The molecule has 0 bridgehead atoms. The molecule has 0 amide bonds. The summed E-state index contributed by atoms with van der Waals surface area (Å²) in [5.41, 5.74) is 1.90. The molecule has 0 aliphatic carbocycles. The van der Waals surface area contributed by atoms with Crippen LogP contribution in [-0.2, 0) is 13.1 Å². The van der Waals surface area contributed by atoms with Crippen LogP contribution in [0, 0.1) is 5.41 Å². The average molecular weight is 328 g/mol. The normalized spacial score (nSPS) is 21.9. The lowest BCUT2D eigenvalue weighted by atomic mass is 9.78. The van der Waals surface area contributed by atoms with E-state index in [1.54, 1.807) is 11.3 Å². The standard InChI is InChI=1S/C18H24N4S/c1-2-16(12-19-6-1)13-22-10-5-18(15-22)3-8-21(9-4-18)14-17-20-7-11-23-17/h1-2,6-7,11-12H,3-5,8-10,13-15H2. The summed E-state index contributed by atoms with van der Waals surface area (Å²) in [5, 5.41) is 3.33. The minimum absolute atomic E-state index is 0.557. The first-order chi connectivity index (χ1) is 11.3. The molecule has 1 spiro atoms. The van der Waals surface area contributed by atoms with Crippen molar-refractivity contribution in [3.05, 3.63) is 46.7 Å². The first-order valence-electron chi connectivity index (χ1n) is 8.53. The van der Waals surface area contributed by atoms with Gasteiger partial charge in [-0.05, 0) is 55.9 Å². The van der Waals surface area contributed by atoms with Crippen LogP contribution in [0.1, 0.15) is 29.8 Å². The fraction of sp³-hybridized carbons (Fsp3) is 0.556. The van der Waals surface area contributed by atoms with Crippen molar-refractivity contribution in [2.45, 2.75) is 32.4 Å². The van der Waals surface area contributed by atoms with Crippen LogP contribution >= 0.6 is 11.3 Å². The van der Waals surface area contributed by atoms with E-state index >= 15 is 0 Å². The van der Waals surface area contributed by atoms with E-state index in [1.807, 2.05) is 24.7 Å². The predicted octanol–water partition coefficient (Wildman–Crippen LogP) is 3.03. The molecule has 0 N–H and O–H groups in total. The zero-order valence-corrected chi connectivity index (χ0v) is 14.3. The molecule has 2 aliphatic heterocycles. The summed E-state index contributed by atoms with van der Waals surface area (Å²) in [6, 6.07) is 4.23. The molecular formula is C18H24N4S. The lowest BCUT2D eigenvalue weighted by molar-refractivity contribution is 0.102. The Balaban J connectivity index is 1.29. The summed E-state index contributed by atoms with van der Waals surface area (Å²) in [6.07, 6.45) is 9.80. The molecule has 0 saturated carbocycles. The molecule has 4 nitrogen and oxygen atoms in total. The molecule has 4 heterocycles. The topological polar surface area (TPSA) is 32.3 Å². The van der Waals surface area contributed by atoms with Crippen LogP contribution in [0.25, 0.3) is 0 Å². The number of pyridine rings is 1. The Morgan fingerprint density at radius 1 is 1.04 bits per heavy atom. The van der Waals surface area contributed by atoms with Crippen molar-refractivity contribution in [2.24, 2.45) is 5.41 Å². The number of thiazole rings is 1. The minimum Gasteiger partial charge on any atom is -0.298 e.